The third-order valence-corrected chi connectivity index (χ3v) is 4.19. The van der Waals surface area contributed by atoms with Gasteiger partial charge in [-0.25, -0.2) is 4.79 Å². The zero-order chi connectivity index (χ0) is 15.6. The molecule has 0 saturated heterocycles. The standard InChI is InChI=1S/C19H34O2/c1-2-3-4-11-14-19(16-18-21)15-12-9-7-5-6-8-10-13-17-20/h13,18-19H,2-12,14-16H2,1H3. The highest BCUT2D eigenvalue weighted by atomic mass is 16.1. The highest BCUT2D eigenvalue weighted by molar-refractivity contribution is 5.49. The van der Waals surface area contributed by atoms with Crippen LogP contribution in [0.15, 0.2) is 6.08 Å². The number of aldehydes is 1. The number of hydrogen-bond acceptors (Lipinski definition) is 2. The molecule has 21 heavy (non-hydrogen) atoms. The van der Waals surface area contributed by atoms with Crippen LogP contribution < -0.4 is 0 Å². The van der Waals surface area contributed by atoms with Gasteiger partial charge in [-0.2, -0.15) is 0 Å². The third kappa shape index (κ3) is 15.3. The van der Waals surface area contributed by atoms with Gasteiger partial charge in [0.2, 0.25) is 0 Å². The largest absolute Gasteiger partial charge is 0.303 e. The lowest BCUT2D eigenvalue weighted by molar-refractivity contribution is -0.108. The number of unbranched alkanes of at least 4 members (excludes halogenated alkanes) is 9. The zero-order valence-electron chi connectivity index (χ0n) is 13.9. The first kappa shape index (κ1) is 20.1. The van der Waals surface area contributed by atoms with Crippen molar-refractivity contribution in [3.63, 3.8) is 0 Å². The first-order valence-corrected chi connectivity index (χ1v) is 8.98. The van der Waals surface area contributed by atoms with Crippen LogP contribution in [-0.4, -0.2) is 12.2 Å². The maximum atomic E-state index is 10.7. The summed E-state index contributed by atoms with van der Waals surface area (Å²) in [5.41, 5.74) is 0. The van der Waals surface area contributed by atoms with Gasteiger partial charge in [0.1, 0.15) is 12.2 Å². The molecule has 0 aromatic heterocycles. The number of carbonyl (C=O) groups is 1. The lowest BCUT2D eigenvalue weighted by Gasteiger charge is -2.13. The number of rotatable bonds is 16. The molecule has 0 radical (unpaired) electrons. The lowest BCUT2D eigenvalue weighted by Crippen LogP contribution is -2.02. The molecule has 0 aliphatic rings. The monoisotopic (exact) mass is 294 g/mol. The molecule has 122 valence electrons. The van der Waals surface area contributed by atoms with E-state index in [1.54, 1.807) is 6.08 Å². The van der Waals surface area contributed by atoms with Gasteiger partial charge in [0, 0.05) is 6.42 Å². The second-order valence-corrected chi connectivity index (χ2v) is 6.14. The van der Waals surface area contributed by atoms with Crippen LogP contribution in [0.3, 0.4) is 0 Å². The third-order valence-electron chi connectivity index (χ3n) is 4.19. The van der Waals surface area contributed by atoms with E-state index in [1.165, 1.54) is 70.6 Å². The van der Waals surface area contributed by atoms with Gasteiger partial charge in [0.25, 0.3) is 0 Å². The van der Waals surface area contributed by atoms with E-state index in [0.29, 0.717) is 5.92 Å². The smallest absolute Gasteiger partial charge is 0.120 e. The molecule has 0 aromatic rings. The molecule has 0 aliphatic carbocycles. The van der Waals surface area contributed by atoms with E-state index in [2.05, 4.69) is 6.92 Å². The molecule has 0 heterocycles. The molecule has 0 bridgehead atoms. The van der Waals surface area contributed by atoms with Crippen molar-refractivity contribution in [1.82, 2.24) is 0 Å². The summed E-state index contributed by atoms with van der Waals surface area (Å²) < 4.78 is 0. The first-order valence-electron chi connectivity index (χ1n) is 8.98. The van der Waals surface area contributed by atoms with Gasteiger partial charge in [-0.05, 0) is 24.8 Å². The van der Waals surface area contributed by atoms with Crippen molar-refractivity contribution in [2.45, 2.75) is 96.8 Å². The van der Waals surface area contributed by atoms with Crippen LogP contribution >= 0.6 is 0 Å². The van der Waals surface area contributed by atoms with Crippen LogP contribution in [0, 0.1) is 5.92 Å². The van der Waals surface area contributed by atoms with Crippen molar-refractivity contribution in [2.75, 3.05) is 0 Å². The molecule has 0 aliphatic heterocycles. The zero-order valence-corrected chi connectivity index (χ0v) is 13.9. The SMILES string of the molecule is CCCCCCC(CC=O)CCCCCCCCC=C=O. The van der Waals surface area contributed by atoms with E-state index in [-0.39, 0.29) is 0 Å². The second-order valence-electron chi connectivity index (χ2n) is 6.14. The molecule has 0 spiro atoms. The van der Waals surface area contributed by atoms with Crippen molar-refractivity contribution in [3.8, 4) is 0 Å². The van der Waals surface area contributed by atoms with E-state index >= 15 is 0 Å². The molecular weight excluding hydrogens is 260 g/mol. The molecule has 1 unspecified atom stereocenters. The fourth-order valence-corrected chi connectivity index (χ4v) is 2.82. The molecular formula is C19H34O2. The van der Waals surface area contributed by atoms with Crippen molar-refractivity contribution in [2.24, 2.45) is 5.92 Å². The predicted octanol–water partition coefficient (Wildman–Crippen LogP) is 5.67. The average molecular weight is 294 g/mol. The Morgan fingerprint density at radius 1 is 0.857 bits per heavy atom. The van der Waals surface area contributed by atoms with E-state index in [4.69, 9.17) is 0 Å². The van der Waals surface area contributed by atoms with Crippen molar-refractivity contribution in [1.29, 1.82) is 0 Å². The molecule has 0 rings (SSSR count). The van der Waals surface area contributed by atoms with Crippen LogP contribution in [0.5, 0.6) is 0 Å². The van der Waals surface area contributed by atoms with Crippen LogP contribution in [-0.2, 0) is 9.59 Å². The average Bonchev–Trinajstić information content (AvgIpc) is 2.49. The molecule has 0 N–H and O–H groups in total. The summed E-state index contributed by atoms with van der Waals surface area (Å²) in [6.07, 6.45) is 19.4. The van der Waals surface area contributed by atoms with E-state index in [1.807, 2.05) is 5.94 Å². The summed E-state index contributed by atoms with van der Waals surface area (Å²) in [6, 6.07) is 0. The minimum absolute atomic E-state index is 0.622. The minimum atomic E-state index is 0.622. The Morgan fingerprint density at radius 3 is 2.00 bits per heavy atom. The normalized spacial score (nSPS) is 11.9. The fourth-order valence-electron chi connectivity index (χ4n) is 2.82. The van der Waals surface area contributed by atoms with Gasteiger partial charge in [-0.3, -0.25) is 0 Å². The Hall–Kier alpha value is -0.880. The van der Waals surface area contributed by atoms with Gasteiger partial charge in [-0.15, -0.1) is 0 Å². The van der Waals surface area contributed by atoms with Gasteiger partial charge in [0.15, 0.2) is 0 Å². The highest BCUT2D eigenvalue weighted by Gasteiger charge is 2.07. The molecule has 0 aromatic carbocycles. The first-order chi connectivity index (χ1) is 10.3. The van der Waals surface area contributed by atoms with Crippen molar-refractivity contribution in [3.05, 3.63) is 6.08 Å². The quantitative estimate of drug-likeness (QED) is 0.209. The maximum Gasteiger partial charge on any atom is 0.120 e. The van der Waals surface area contributed by atoms with Crippen LogP contribution in [0.25, 0.3) is 0 Å². The van der Waals surface area contributed by atoms with E-state index in [9.17, 15) is 9.59 Å². The van der Waals surface area contributed by atoms with Crippen LogP contribution in [0.4, 0.5) is 0 Å². The second kappa shape index (κ2) is 17.2. The fraction of sp³-hybridized carbons (Fsp3) is 0.842. The minimum Gasteiger partial charge on any atom is -0.303 e. The number of allylic oxidation sites excluding steroid dienone is 1. The van der Waals surface area contributed by atoms with Crippen LogP contribution in [0.1, 0.15) is 96.8 Å². The number of carbonyl (C=O) groups excluding carboxylic acids is 2. The summed E-state index contributed by atoms with van der Waals surface area (Å²) in [5, 5.41) is 0. The highest BCUT2D eigenvalue weighted by Crippen LogP contribution is 2.21. The molecule has 0 amide bonds. The molecule has 2 nitrogen and oxygen atoms in total. The van der Waals surface area contributed by atoms with Crippen LogP contribution in [0.2, 0.25) is 0 Å². The Kier molecular flexibility index (Phi) is 16.5. The van der Waals surface area contributed by atoms with Gasteiger partial charge in [-0.1, -0.05) is 77.6 Å². The maximum absolute atomic E-state index is 10.7. The molecule has 0 saturated carbocycles. The lowest BCUT2D eigenvalue weighted by atomic mass is 9.92. The summed E-state index contributed by atoms with van der Waals surface area (Å²) in [6.45, 7) is 2.23. The molecule has 0 fully saturated rings. The Bertz CT molecular complexity index is 267. The molecule has 1 atom stereocenters. The molecule has 2 heteroatoms. The van der Waals surface area contributed by atoms with Gasteiger partial charge >= 0.3 is 0 Å². The summed E-state index contributed by atoms with van der Waals surface area (Å²) >= 11 is 0. The van der Waals surface area contributed by atoms with Gasteiger partial charge < -0.3 is 4.79 Å². The predicted molar refractivity (Wildman–Crippen MR) is 90.1 cm³/mol. The number of hydrogen-bond donors (Lipinski definition) is 0. The Balaban J connectivity index is 3.46. The van der Waals surface area contributed by atoms with E-state index in [0.717, 1.165) is 25.5 Å². The Morgan fingerprint density at radius 2 is 1.43 bits per heavy atom. The van der Waals surface area contributed by atoms with Crippen molar-refractivity contribution >= 4 is 12.2 Å². The van der Waals surface area contributed by atoms with E-state index < -0.39 is 0 Å². The Labute approximate surface area is 131 Å². The summed E-state index contributed by atoms with van der Waals surface area (Å²) in [7, 11) is 0. The topological polar surface area (TPSA) is 34.1 Å². The van der Waals surface area contributed by atoms with Gasteiger partial charge in [0.05, 0.1) is 0 Å². The summed E-state index contributed by atoms with van der Waals surface area (Å²) in [5.74, 6) is 2.45. The van der Waals surface area contributed by atoms with Crippen molar-refractivity contribution < 1.29 is 9.59 Å². The summed E-state index contributed by atoms with van der Waals surface area (Å²) in [4.78, 5) is 20.7.